The predicted molar refractivity (Wildman–Crippen MR) is 98.2 cm³/mol. The van der Waals surface area contributed by atoms with Crippen LogP contribution < -0.4 is 0 Å². The van der Waals surface area contributed by atoms with Crippen molar-refractivity contribution in [1.29, 1.82) is 0 Å². The van der Waals surface area contributed by atoms with Crippen LogP contribution in [0.1, 0.15) is 19.8 Å². The van der Waals surface area contributed by atoms with E-state index in [-0.39, 0.29) is 28.0 Å². The molecule has 0 bridgehead atoms. The Kier molecular flexibility index (Phi) is 6.86. The molecule has 1 fully saturated rings. The van der Waals surface area contributed by atoms with Gasteiger partial charge in [-0.1, -0.05) is 38.5 Å². The topological polar surface area (TPSA) is 63.6 Å². The zero-order valence-electron chi connectivity index (χ0n) is 12.5. The summed E-state index contributed by atoms with van der Waals surface area (Å²) in [5.41, 5.74) is 0. The quantitative estimate of drug-likeness (QED) is 0.477. The van der Waals surface area contributed by atoms with Crippen LogP contribution in [0, 0.1) is 5.92 Å². The zero-order valence-corrected chi connectivity index (χ0v) is 17.1. The van der Waals surface area contributed by atoms with Crippen LogP contribution in [-0.2, 0) is 14.6 Å². The second-order valence-electron chi connectivity index (χ2n) is 5.65. The van der Waals surface area contributed by atoms with Crippen molar-refractivity contribution in [2.24, 2.45) is 5.92 Å². The van der Waals surface area contributed by atoms with Gasteiger partial charge in [0.15, 0.2) is 9.84 Å². The summed E-state index contributed by atoms with van der Waals surface area (Å²) in [5.74, 6) is -0.376. The highest BCUT2D eigenvalue weighted by atomic mass is 127. The van der Waals surface area contributed by atoms with Crippen molar-refractivity contribution in [3.8, 4) is 0 Å². The molecule has 0 amide bonds. The maximum Gasteiger partial charge on any atom is 0.184 e. The van der Waals surface area contributed by atoms with Crippen LogP contribution in [0.5, 0.6) is 0 Å². The Hall–Kier alpha value is 0.230. The Morgan fingerprint density at radius 2 is 2.00 bits per heavy atom. The van der Waals surface area contributed by atoms with Crippen LogP contribution in [-0.4, -0.2) is 41.8 Å². The van der Waals surface area contributed by atoms with E-state index in [4.69, 9.17) is 4.74 Å². The number of sulfone groups is 1. The van der Waals surface area contributed by atoms with E-state index in [9.17, 15) is 17.9 Å². The molecule has 0 heterocycles. The SMILES string of the molecule is CC(I)O[C@@H]1C(CO)CCC(S(=O)(=O)c2ccc(Br)cc2)[C@@H]1F. The lowest BCUT2D eigenvalue weighted by Gasteiger charge is -2.38. The molecule has 1 aliphatic rings. The molecule has 2 rings (SSSR count). The average molecular weight is 521 g/mol. The van der Waals surface area contributed by atoms with Crippen LogP contribution in [0.3, 0.4) is 0 Å². The molecule has 1 N–H and O–H groups in total. The van der Waals surface area contributed by atoms with Crippen LogP contribution in [0.25, 0.3) is 0 Å². The van der Waals surface area contributed by atoms with E-state index < -0.39 is 27.4 Å². The van der Waals surface area contributed by atoms with Crippen LogP contribution in [0.15, 0.2) is 33.6 Å². The molecule has 8 heteroatoms. The molecule has 4 nitrogen and oxygen atoms in total. The second-order valence-corrected chi connectivity index (χ2v) is 10.5. The third kappa shape index (κ3) is 4.45. The minimum absolute atomic E-state index is 0.108. The number of halogens is 3. The summed E-state index contributed by atoms with van der Waals surface area (Å²) in [4.78, 5) is 0.108. The van der Waals surface area contributed by atoms with Crippen LogP contribution >= 0.6 is 38.5 Å². The third-order valence-electron chi connectivity index (χ3n) is 4.08. The molecule has 3 unspecified atom stereocenters. The number of hydrogen-bond acceptors (Lipinski definition) is 4. The van der Waals surface area contributed by atoms with E-state index in [0.717, 1.165) is 4.47 Å². The Bertz CT molecular complexity index is 623. The Balaban J connectivity index is 2.29. The van der Waals surface area contributed by atoms with E-state index >= 15 is 0 Å². The van der Waals surface area contributed by atoms with Gasteiger partial charge in [0, 0.05) is 17.0 Å². The van der Waals surface area contributed by atoms with Gasteiger partial charge in [-0.2, -0.15) is 0 Å². The highest BCUT2D eigenvalue weighted by molar-refractivity contribution is 14.1. The fraction of sp³-hybridized carbons (Fsp3) is 0.600. The molecule has 1 aromatic carbocycles. The summed E-state index contributed by atoms with van der Waals surface area (Å²) in [6, 6.07) is 6.20. The number of ether oxygens (including phenoxy) is 1. The first kappa shape index (κ1) is 19.6. The summed E-state index contributed by atoms with van der Waals surface area (Å²) in [6.45, 7) is 1.55. The van der Waals surface area contributed by atoms with E-state index in [1.54, 1.807) is 19.1 Å². The van der Waals surface area contributed by atoms with Crippen molar-refractivity contribution in [3.63, 3.8) is 0 Å². The molecule has 23 heavy (non-hydrogen) atoms. The Morgan fingerprint density at radius 3 is 2.52 bits per heavy atom. The van der Waals surface area contributed by atoms with Crippen molar-refractivity contribution in [2.45, 2.75) is 46.3 Å². The minimum atomic E-state index is -3.79. The smallest absolute Gasteiger partial charge is 0.184 e. The van der Waals surface area contributed by atoms with Gasteiger partial charge in [-0.3, -0.25) is 0 Å². The van der Waals surface area contributed by atoms with Gasteiger partial charge in [0.25, 0.3) is 0 Å². The monoisotopic (exact) mass is 520 g/mol. The summed E-state index contributed by atoms with van der Waals surface area (Å²) >= 11 is 5.26. The molecule has 0 aliphatic heterocycles. The summed E-state index contributed by atoms with van der Waals surface area (Å²) in [7, 11) is -3.79. The lowest BCUT2D eigenvalue weighted by atomic mass is 9.85. The van der Waals surface area contributed by atoms with Gasteiger partial charge in [0.05, 0.1) is 16.2 Å². The van der Waals surface area contributed by atoms with E-state index in [2.05, 4.69) is 15.9 Å². The Labute approximate surface area is 158 Å². The number of alkyl halides is 2. The van der Waals surface area contributed by atoms with E-state index in [1.807, 2.05) is 22.6 Å². The first-order valence-electron chi connectivity index (χ1n) is 7.31. The maximum absolute atomic E-state index is 14.9. The normalized spacial score (nSPS) is 30.1. The number of benzene rings is 1. The molecule has 1 saturated carbocycles. The van der Waals surface area contributed by atoms with Crippen molar-refractivity contribution in [1.82, 2.24) is 0 Å². The predicted octanol–water partition coefficient (Wildman–Crippen LogP) is 3.50. The lowest BCUT2D eigenvalue weighted by molar-refractivity contribution is -0.0719. The first-order valence-corrected chi connectivity index (χ1v) is 10.9. The molecule has 1 aliphatic carbocycles. The largest absolute Gasteiger partial charge is 0.396 e. The number of hydrogen-bond donors (Lipinski definition) is 1. The lowest BCUT2D eigenvalue weighted by Crippen LogP contribution is -2.50. The number of aliphatic hydroxyl groups excluding tert-OH is 1. The van der Waals surface area contributed by atoms with Crippen molar-refractivity contribution in [2.75, 3.05) is 6.61 Å². The van der Waals surface area contributed by atoms with E-state index in [0.29, 0.717) is 6.42 Å². The van der Waals surface area contributed by atoms with Gasteiger partial charge in [0.2, 0.25) is 0 Å². The molecule has 130 valence electrons. The molecular formula is C15H19BrFIO4S. The molecular weight excluding hydrogens is 502 g/mol. The summed E-state index contributed by atoms with van der Waals surface area (Å²) in [5, 5.41) is 8.28. The zero-order chi connectivity index (χ0) is 17.2. The molecule has 0 aromatic heterocycles. The second kappa shape index (κ2) is 8.07. The average Bonchev–Trinajstić information content (AvgIpc) is 2.49. The van der Waals surface area contributed by atoms with Gasteiger partial charge < -0.3 is 9.84 Å². The maximum atomic E-state index is 14.9. The van der Waals surface area contributed by atoms with Gasteiger partial charge in [-0.15, -0.1) is 0 Å². The number of rotatable bonds is 5. The molecule has 0 saturated heterocycles. The van der Waals surface area contributed by atoms with Crippen LogP contribution in [0.2, 0.25) is 0 Å². The van der Waals surface area contributed by atoms with Crippen molar-refractivity contribution in [3.05, 3.63) is 28.7 Å². The summed E-state index contributed by atoms with van der Waals surface area (Å²) < 4.78 is 46.5. The highest BCUT2D eigenvalue weighted by Crippen LogP contribution is 2.36. The van der Waals surface area contributed by atoms with Crippen molar-refractivity contribution >= 4 is 48.4 Å². The molecule has 1 aromatic rings. The molecule has 0 radical (unpaired) electrons. The minimum Gasteiger partial charge on any atom is -0.396 e. The molecule has 0 spiro atoms. The van der Waals surface area contributed by atoms with Gasteiger partial charge in [-0.05, 0) is 44.0 Å². The fourth-order valence-electron chi connectivity index (χ4n) is 2.90. The highest BCUT2D eigenvalue weighted by Gasteiger charge is 2.47. The number of aliphatic hydroxyl groups is 1. The Morgan fingerprint density at radius 1 is 1.39 bits per heavy atom. The van der Waals surface area contributed by atoms with Crippen LogP contribution in [0.4, 0.5) is 4.39 Å². The van der Waals surface area contributed by atoms with Crippen molar-refractivity contribution < 1.29 is 22.7 Å². The van der Waals surface area contributed by atoms with Gasteiger partial charge >= 0.3 is 0 Å². The first-order chi connectivity index (χ1) is 10.8. The summed E-state index contributed by atoms with van der Waals surface area (Å²) in [6.07, 6.45) is -1.96. The van der Waals surface area contributed by atoms with Gasteiger partial charge in [-0.25, -0.2) is 12.8 Å². The third-order valence-corrected chi connectivity index (χ3v) is 7.12. The fourth-order valence-corrected chi connectivity index (χ4v) is 5.31. The van der Waals surface area contributed by atoms with Gasteiger partial charge in [0.1, 0.15) is 10.3 Å². The molecule has 5 atom stereocenters. The van der Waals surface area contributed by atoms with E-state index in [1.165, 1.54) is 12.1 Å². The standard InChI is InChI=1S/C15H19BrFIO4S/c1-9(18)22-15-10(8-19)2-7-13(14(15)17)23(20,21)12-5-3-11(16)4-6-12/h3-6,9-10,13-15,19H,2,7-8H2,1H3/t9?,10?,13?,14-,15+/m0/s1.